The standard InChI is InChI=1S/C23H25FN6O4S/c1-6-35(5,32)29-23(31)17-11-30-21(14(17)3)22(25-12-26-30)27-18-8-7-16(24)10-20(18)33-15(4)19-9-13(2)28-34-19/h7-12,15H,6H2,1-5H3,(H,25,26,27)/t15-,35?/m1/s1. The normalized spacial score (nSPS) is 13.9. The molecule has 4 aromatic rings. The molecule has 0 spiro atoms. The molecule has 2 atom stereocenters. The Balaban J connectivity index is 1.71. The van der Waals surface area contributed by atoms with Crippen molar-refractivity contribution >= 4 is 32.7 Å². The van der Waals surface area contributed by atoms with E-state index in [1.54, 1.807) is 33.8 Å². The number of carbonyl (C=O) groups excluding carboxylic acids is 1. The number of nitrogens with zero attached hydrogens (tertiary/aromatic N) is 5. The lowest BCUT2D eigenvalue weighted by Crippen LogP contribution is -2.06. The Morgan fingerprint density at radius 2 is 2.11 bits per heavy atom. The number of halogens is 1. The van der Waals surface area contributed by atoms with Crippen molar-refractivity contribution in [3.8, 4) is 5.75 Å². The molecule has 0 aliphatic rings. The van der Waals surface area contributed by atoms with Crippen molar-refractivity contribution in [2.75, 3.05) is 17.3 Å². The SMILES string of the molecule is CCS(C)(=O)=NC(=O)c1cn2ncnc(Nc3ccc(F)cc3O[C@H](C)c3cc(C)no3)c2c1C. The summed E-state index contributed by atoms with van der Waals surface area (Å²) in [5.41, 5.74) is 2.48. The van der Waals surface area contributed by atoms with Crippen molar-refractivity contribution in [3.05, 3.63) is 65.2 Å². The van der Waals surface area contributed by atoms with Crippen LogP contribution in [0.4, 0.5) is 15.9 Å². The van der Waals surface area contributed by atoms with Crippen LogP contribution in [0.5, 0.6) is 5.75 Å². The fourth-order valence-corrected chi connectivity index (χ4v) is 3.98. The fourth-order valence-electron chi connectivity index (χ4n) is 3.40. The lowest BCUT2D eigenvalue weighted by atomic mass is 10.2. The number of aromatic nitrogens is 4. The predicted molar refractivity (Wildman–Crippen MR) is 129 cm³/mol. The highest BCUT2D eigenvalue weighted by Crippen LogP contribution is 2.34. The highest BCUT2D eigenvalue weighted by molar-refractivity contribution is 7.93. The van der Waals surface area contributed by atoms with Crippen molar-refractivity contribution in [2.24, 2.45) is 4.36 Å². The largest absolute Gasteiger partial charge is 0.480 e. The quantitative estimate of drug-likeness (QED) is 0.390. The first-order chi connectivity index (χ1) is 16.6. The van der Waals surface area contributed by atoms with E-state index >= 15 is 0 Å². The van der Waals surface area contributed by atoms with Gasteiger partial charge in [0.15, 0.2) is 17.7 Å². The summed E-state index contributed by atoms with van der Waals surface area (Å²) < 4.78 is 43.0. The average molecular weight is 501 g/mol. The van der Waals surface area contributed by atoms with Crippen LogP contribution in [0.15, 0.2) is 45.7 Å². The van der Waals surface area contributed by atoms with Crippen molar-refractivity contribution in [2.45, 2.75) is 33.8 Å². The number of fused-ring (bicyclic) bond motifs is 1. The third kappa shape index (κ3) is 5.16. The molecule has 1 aromatic carbocycles. The van der Waals surface area contributed by atoms with Gasteiger partial charge in [0.2, 0.25) is 0 Å². The Labute approximate surface area is 201 Å². The van der Waals surface area contributed by atoms with Gasteiger partial charge in [0.25, 0.3) is 5.91 Å². The van der Waals surface area contributed by atoms with Crippen LogP contribution in [0.3, 0.4) is 0 Å². The highest BCUT2D eigenvalue weighted by atomic mass is 32.2. The van der Waals surface area contributed by atoms with E-state index in [-0.39, 0.29) is 17.1 Å². The number of hydrogen-bond donors (Lipinski definition) is 1. The molecule has 0 saturated heterocycles. The number of ether oxygens (including phenoxy) is 1. The zero-order valence-electron chi connectivity index (χ0n) is 19.9. The van der Waals surface area contributed by atoms with E-state index in [9.17, 15) is 13.4 Å². The highest BCUT2D eigenvalue weighted by Gasteiger charge is 2.21. The second kappa shape index (κ2) is 9.45. The van der Waals surface area contributed by atoms with Crippen LogP contribution in [0.2, 0.25) is 0 Å². The molecule has 3 aromatic heterocycles. The molecule has 10 nitrogen and oxygen atoms in total. The van der Waals surface area contributed by atoms with E-state index in [4.69, 9.17) is 9.26 Å². The zero-order chi connectivity index (χ0) is 25.3. The van der Waals surface area contributed by atoms with E-state index in [0.717, 1.165) is 0 Å². The molecule has 35 heavy (non-hydrogen) atoms. The number of rotatable bonds is 7. The molecule has 12 heteroatoms. The second-order valence-corrected chi connectivity index (χ2v) is 10.8. The first kappa shape index (κ1) is 24.3. The molecular formula is C23H25FN6O4S. The molecule has 4 rings (SSSR count). The minimum absolute atomic E-state index is 0.229. The predicted octanol–water partition coefficient (Wildman–Crippen LogP) is 4.61. The second-order valence-electron chi connectivity index (χ2n) is 8.11. The van der Waals surface area contributed by atoms with Gasteiger partial charge in [0.05, 0.1) is 26.7 Å². The Kier molecular flexibility index (Phi) is 6.57. The van der Waals surface area contributed by atoms with Crippen molar-refractivity contribution < 1.29 is 22.7 Å². The molecule has 1 unspecified atom stereocenters. The van der Waals surface area contributed by atoms with Gasteiger partial charge in [-0.15, -0.1) is 0 Å². The van der Waals surface area contributed by atoms with E-state index in [1.165, 1.54) is 41.5 Å². The average Bonchev–Trinajstić information content (AvgIpc) is 3.39. The lowest BCUT2D eigenvalue weighted by Gasteiger charge is -2.17. The number of hydrogen-bond acceptors (Lipinski definition) is 8. The maximum Gasteiger partial charge on any atom is 0.286 e. The van der Waals surface area contributed by atoms with Crippen LogP contribution in [-0.2, 0) is 9.73 Å². The van der Waals surface area contributed by atoms with Crippen molar-refractivity contribution in [3.63, 3.8) is 0 Å². The molecule has 0 bridgehead atoms. The number of carbonyl (C=O) groups is 1. The number of nitrogens with one attached hydrogen (secondary N) is 1. The van der Waals surface area contributed by atoms with Crippen LogP contribution in [0.25, 0.3) is 5.52 Å². The first-order valence-electron chi connectivity index (χ1n) is 10.8. The Bertz CT molecular complexity index is 1540. The zero-order valence-corrected chi connectivity index (χ0v) is 20.7. The molecular weight excluding hydrogens is 475 g/mol. The minimum Gasteiger partial charge on any atom is -0.480 e. The third-order valence-corrected chi connectivity index (χ3v) is 7.04. The molecule has 1 N–H and O–H groups in total. The molecule has 0 saturated carbocycles. The van der Waals surface area contributed by atoms with Crippen LogP contribution in [0.1, 0.15) is 47.3 Å². The molecule has 0 aliphatic heterocycles. The van der Waals surface area contributed by atoms with Gasteiger partial charge in [-0.25, -0.2) is 18.1 Å². The smallest absolute Gasteiger partial charge is 0.286 e. The molecule has 0 aliphatic carbocycles. The van der Waals surface area contributed by atoms with E-state index in [2.05, 4.69) is 24.9 Å². The molecule has 1 amide bonds. The number of benzene rings is 1. The van der Waals surface area contributed by atoms with Gasteiger partial charge in [-0.3, -0.25) is 4.79 Å². The lowest BCUT2D eigenvalue weighted by molar-refractivity contribution is 0.100. The van der Waals surface area contributed by atoms with Gasteiger partial charge >= 0.3 is 0 Å². The molecule has 3 heterocycles. The van der Waals surface area contributed by atoms with Gasteiger partial charge < -0.3 is 14.6 Å². The maximum absolute atomic E-state index is 14.1. The summed E-state index contributed by atoms with van der Waals surface area (Å²) in [5.74, 6) is 0.284. The maximum atomic E-state index is 14.1. The summed E-state index contributed by atoms with van der Waals surface area (Å²) in [6.45, 7) is 7.00. The summed E-state index contributed by atoms with van der Waals surface area (Å²) in [6.07, 6.45) is 3.75. The van der Waals surface area contributed by atoms with Gasteiger partial charge in [0, 0.05) is 30.3 Å². The number of aryl methyl sites for hydroxylation is 2. The Morgan fingerprint density at radius 3 is 2.80 bits per heavy atom. The van der Waals surface area contributed by atoms with Gasteiger partial charge in [0.1, 0.15) is 23.4 Å². The van der Waals surface area contributed by atoms with Crippen LogP contribution >= 0.6 is 0 Å². The van der Waals surface area contributed by atoms with Crippen LogP contribution in [-0.4, -0.2) is 41.9 Å². The van der Waals surface area contributed by atoms with Crippen LogP contribution < -0.4 is 10.1 Å². The summed E-state index contributed by atoms with van der Waals surface area (Å²) in [5, 5.41) is 11.2. The molecule has 0 radical (unpaired) electrons. The minimum atomic E-state index is -2.62. The van der Waals surface area contributed by atoms with Crippen LogP contribution in [0, 0.1) is 19.7 Å². The first-order valence-corrected chi connectivity index (χ1v) is 12.9. The number of amides is 1. The van der Waals surface area contributed by atoms with E-state index in [0.29, 0.717) is 34.0 Å². The summed E-state index contributed by atoms with van der Waals surface area (Å²) in [6, 6.07) is 5.81. The number of anilines is 2. The van der Waals surface area contributed by atoms with Gasteiger partial charge in [-0.2, -0.15) is 9.46 Å². The summed E-state index contributed by atoms with van der Waals surface area (Å²) >= 11 is 0. The Morgan fingerprint density at radius 1 is 1.34 bits per heavy atom. The van der Waals surface area contributed by atoms with Crippen molar-refractivity contribution in [1.29, 1.82) is 0 Å². The topological polar surface area (TPSA) is 124 Å². The van der Waals surface area contributed by atoms with Crippen molar-refractivity contribution in [1.82, 2.24) is 19.8 Å². The molecule has 184 valence electrons. The molecule has 0 fully saturated rings. The summed E-state index contributed by atoms with van der Waals surface area (Å²) in [7, 11) is -2.62. The van der Waals surface area contributed by atoms with Gasteiger partial charge in [-0.1, -0.05) is 12.1 Å². The Hall–Kier alpha value is -3.80. The monoisotopic (exact) mass is 500 g/mol. The van der Waals surface area contributed by atoms with E-state index < -0.39 is 27.6 Å². The van der Waals surface area contributed by atoms with E-state index in [1.807, 2.05) is 0 Å². The third-order valence-electron chi connectivity index (χ3n) is 5.42. The fraction of sp³-hybridized carbons (Fsp3) is 0.304. The summed E-state index contributed by atoms with van der Waals surface area (Å²) in [4.78, 5) is 17.0. The van der Waals surface area contributed by atoms with Gasteiger partial charge in [-0.05, 0) is 38.5 Å².